The number of piperidine rings is 1. The third-order valence-electron chi connectivity index (χ3n) is 5.35. The molecule has 156 valence electrons. The number of likely N-dealkylation sites (tertiary alicyclic amines) is 1. The largest absolute Gasteiger partial charge is 0.490 e. The Kier molecular flexibility index (Phi) is 7.73. The van der Waals surface area contributed by atoms with E-state index >= 15 is 0 Å². The summed E-state index contributed by atoms with van der Waals surface area (Å²) in [5, 5.41) is 3.48. The number of hydrogen-bond donors (Lipinski definition) is 1. The molecule has 29 heavy (non-hydrogen) atoms. The lowest BCUT2D eigenvalue weighted by Gasteiger charge is -2.34. The van der Waals surface area contributed by atoms with Gasteiger partial charge in [0.1, 0.15) is 17.7 Å². The van der Waals surface area contributed by atoms with E-state index < -0.39 is 0 Å². The first-order valence-corrected chi connectivity index (χ1v) is 10.6. The average Bonchev–Trinajstić information content (AvgIpc) is 2.78. The molecule has 1 saturated heterocycles. The van der Waals surface area contributed by atoms with Gasteiger partial charge in [-0.05, 0) is 37.6 Å². The van der Waals surface area contributed by atoms with Crippen LogP contribution in [0.5, 0.6) is 5.75 Å². The van der Waals surface area contributed by atoms with Crippen molar-refractivity contribution in [1.82, 2.24) is 15.2 Å². The van der Waals surface area contributed by atoms with Crippen LogP contribution in [0.2, 0.25) is 0 Å². The Morgan fingerprint density at radius 3 is 2.45 bits per heavy atom. The highest BCUT2D eigenvalue weighted by Gasteiger charge is 2.22. The van der Waals surface area contributed by atoms with Gasteiger partial charge in [0, 0.05) is 58.8 Å². The first kappa shape index (κ1) is 21.0. The molecule has 0 radical (unpaired) electrons. The smallest absolute Gasteiger partial charge is 0.193 e. The standard InChI is InChI=1S/C23H33N5O/c1-4-27(5-2)22-12-11-19(17-25-22)18-26-23(24-3)28-15-13-21(14-16-28)29-20-9-7-6-8-10-20/h6-12,17,21H,4-5,13-16,18H2,1-3H3,(H,24,26). The van der Waals surface area contributed by atoms with Crippen molar-refractivity contribution in [3.63, 3.8) is 0 Å². The van der Waals surface area contributed by atoms with Crippen molar-refractivity contribution in [2.75, 3.05) is 38.1 Å². The van der Waals surface area contributed by atoms with E-state index in [0.29, 0.717) is 0 Å². The molecule has 1 aliphatic rings. The second-order valence-corrected chi connectivity index (χ2v) is 7.22. The first-order chi connectivity index (χ1) is 14.2. The summed E-state index contributed by atoms with van der Waals surface area (Å²) in [4.78, 5) is 13.6. The molecule has 0 unspecified atom stereocenters. The van der Waals surface area contributed by atoms with Crippen molar-refractivity contribution in [3.05, 3.63) is 54.2 Å². The van der Waals surface area contributed by atoms with Crippen LogP contribution in [0, 0.1) is 0 Å². The Morgan fingerprint density at radius 2 is 1.86 bits per heavy atom. The van der Waals surface area contributed by atoms with Gasteiger partial charge >= 0.3 is 0 Å². The fourth-order valence-electron chi connectivity index (χ4n) is 3.65. The Bertz CT molecular complexity index is 751. The highest BCUT2D eigenvalue weighted by Crippen LogP contribution is 2.19. The van der Waals surface area contributed by atoms with Crippen LogP contribution in [0.4, 0.5) is 5.82 Å². The highest BCUT2D eigenvalue weighted by molar-refractivity contribution is 5.80. The number of aromatic nitrogens is 1. The number of para-hydroxylation sites is 1. The Morgan fingerprint density at radius 1 is 1.14 bits per heavy atom. The van der Waals surface area contributed by atoms with Crippen molar-refractivity contribution in [2.24, 2.45) is 4.99 Å². The van der Waals surface area contributed by atoms with Gasteiger partial charge in [0.25, 0.3) is 0 Å². The highest BCUT2D eigenvalue weighted by atomic mass is 16.5. The van der Waals surface area contributed by atoms with Crippen LogP contribution in [-0.2, 0) is 6.54 Å². The first-order valence-electron chi connectivity index (χ1n) is 10.6. The van der Waals surface area contributed by atoms with Crippen molar-refractivity contribution < 1.29 is 4.74 Å². The molecule has 2 heterocycles. The van der Waals surface area contributed by atoms with Gasteiger partial charge in [-0.3, -0.25) is 4.99 Å². The van der Waals surface area contributed by atoms with Crippen LogP contribution in [0.15, 0.2) is 53.7 Å². The summed E-state index contributed by atoms with van der Waals surface area (Å²) in [6, 6.07) is 14.3. The third kappa shape index (κ3) is 5.86. The van der Waals surface area contributed by atoms with Crippen LogP contribution < -0.4 is 15.0 Å². The minimum Gasteiger partial charge on any atom is -0.490 e. The molecular formula is C23H33N5O. The quantitative estimate of drug-likeness (QED) is 0.574. The zero-order chi connectivity index (χ0) is 20.5. The summed E-state index contributed by atoms with van der Waals surface area (Å²) in [6.07, 6.45) is 4.21. The molecule has 0 bridgehead atoms. The molecule has 1 fully saturated rings. The van der Waals surface area contributed by atoms with E-state index in [1.165, 1.54) is 0 Å². The average molecular weight is 396 g/mol. The van der Waals surface area contributed by atoms with Gasteiger partial charge in [0.15, 0.2) is 5.96 Å². The van der Waals surface area contributed by atoms with E-state index in [-0.39, 0.29) is 6.10 Å². The number of guanidine groups is 1. The molecule has 6 nitrogen and oxygen atoms in total. The van der Waals surface area contributed by atoms with Gasteiger partial charge in [-0.25, -0.2) is 4.98 Å². The monoisotopic (exact) mass is 395 g/mol. The van der Waals surface area contributed by atoms with E-state index in [1.54, 1.807) is 0 Å². The van der Waals surface area contributed by atoms with Gasteiger partial charge in [0.2, 0.25) is 0 Å². The molecule has 0 atom stereocenters. The Balaban J connectivity index is 1.47. The lowest BCUT2D eigenvalue weighted by molar-refractivity contribution is 0.129. The molecule has 1 aliphatic heterocycles. The van der Waals surface area contributed by atoms with Gasteiger partial charge in [0.05, 0.1) is 0 Å². The number of rotatable bonds is 7. The molecular weight excluding hydrogens is 362 g/mol. The molecule has 1 aromatic carbocycles. The number of pyridine rings is 1. The summed E-state index contributed by atoms with van der Waals surface area (Å²) in [5.74, 6) is 2.92. The fraction of sp³-hybridized carbons (Fsp3) is 0.478. The molecule has 3 rings (SSSR count). The van der Waals surface area contributed by atoms with Gasteiger partial charge in [-0.2, -0.15) is 0 Å². The molecule has 0 saturated carbocycles. The summed E-state index contributed by atoms with van der Waals surface area (Å²) in [5.41, 5.74) is 1.16. The molecule has 1 aromatic heterocycles. The maximum Gasteiger partial charge on any atom is 0.193 e. The number of aliphatic imine (C=N–C) groups is 1. The topological polar surface area (TPSA) is 53.0 Å². The van der Waals surface area contributed by atoms with Gasteiger partial charge < -0.3 is 19.9 Å². The van der Waals surface area contributed by atoms with Crippen molar-refractivity contribution in [3.8, 4) is 5.75 Å². The number of nitrogens with one attached hydrogen (secondary N) is 1. The zero-order valence-corrected chi connectivity index (χ0v) is 17.8. The van der Waals surface area contributed by atoms with E-state index in [2.05, 4.69) is 51.1 Å². The molecule has 0 amide bonds. The van der Waals surface area contributed by atoms with E-state index in [0.717, 1.165) is 68.7 Å². The maximum absolute atomic E-state index is 6.10. The third-order valence-corrected chi connectivity index (χ3v) is 5.35. The summed E-state index contributed by atoms with van der Waals surface area (Å²) in [7, 11) is 1.84. The Hall–Kier alpha value is -2.76. The summed E-state index contributed by atoms with van der Waals surface area (Å²) < 4.78 is 6.10. The summed E-state index contributed by atoms with van der Waals surface area (Å²) in [6.45, 7) is 8.85. The van der Waals surface area contributed by atoms with E-state index in [4.69, 9.17) is 4.74 Å². The van der Waals surface area contributed by atoms with Crippen LogP contribution in [0.25, 0.3) is 0 Å². The zero-order valence-electron chi connectivity index (χ0n) is 17.8. The van der Waals surface area contributed by atoms with Crippen LogP contribution in [0.3, 0.4) is 0 Å². The lowest BCUT2D eigenvalue weighted by Crippen LogP contribution is -2.47. The predicted molar refractivity (Wildman–Crippen MR) is 120 cm³/mol. The van der Waals surface area contributed by atoms with Gasteiger partial charge in [-0.1, -0.05) is 24.3 Å². The van der Waals surface area contributed by atoms with Gasteiger partial charge in [-0.15, -0.1) is 0 Å². The molecule has 6 heteroatoms. The number of anilines is 1. The van der Waals surface area contributed by atoms with Crippen LogP contribution >= 0.6 is 0 Å². The van der Waals surface area contributed by atoms with E-state index in [1.807, 2.05) is 43.6 Å². The molecule has 1 N–H and O–H groups in total. The SMILES string of the molecule is CCN(CC)c1ccc(CNC(=NC)N2CCC(Oc3ccccc3)CC2)cn1. The van der Waals surface area contributed by atoms with Crippen molar-refractivity contribution in [2.45, 2.75) is 39.3 Å². The maximum atomic E-state index is 6.10. The minimum atomic E-state index is 0.267. The molecule has 0 aliphatic carbocycles. The normalized spacial score (nSPS) is 15.3. The fourth-order valence-corrected chi connectivity index (χ4v) is 3.65. The number of benzene rings is 1. The second-order valence-electron chi connectivity index (χ2n) is 7.22. The predicted octanol–water partition coefficient (Wildman–Crippen LogP) is 3.55. The minimum absolute atomic E-state index is 0.267. The van der Waals surface area contributed by atoms with E-state index in [9.17, 15) is 0 Å². The van der Waals surface area contributed by atoms with Crippen molar-refractivity contribution >= 4 is 11.8 Å². The van der Waals surface area contributed by atoms with Crippen molar-refractivity contribution in [1.29, 1.82) is 0 Å². The molecule has 0 spiro atoms. The Labute approximate surface area is 174 Å². The van der Waals surface area contributed by atoms with Crippen LogP contribution in [0.1, 0.15) is 32.3 Å². The molecule has 2 aromatic rings. The van der Waals surface area contributed by atoms with Crippen LogP contribution in [-0.4, -0.2) is 55.2 Å². The second kappa shape index (κ2) is 10.7. The lowest BCUT2D eigenvalue weighted by atomic mass is 10.1. The summed E-state index contributed by atoms with van der Waals surface area (Å²) >= 11 is 0. The number of ether oxygens (including phenoxy) is 1. The number of nitrogens with zero attached hydrogens (tertiary/aromatic N) is 4. The number of hydrogen-bond acceptors (Lipinski definition) is 4.